The Morgan fingerprint density at radius 2 is 0.783 bits per heavy atom. The monoisotopic (exact) mass is 850 g/mol. The molecule has 0 aliphatic carbocycles. The van der Waals surface area contributed by atoms with E-state index >= 15 is 0 Å². The van der Waals surface area contributed by atoms with Crippen LogP contribution in [0.25, 0.3) is 66.2 Å². The van der Waals surface area contributed by atoms with Gasteiger partial charge in [-0.05, 0) is 103 Å². The molecular formula is C41H17F15N4. The normalized spacial score (nSPS) is 13.2. The predicted octanol–water partition coefficient (Wildman–Crippen LogP) is 13.9. The summed E-state index contributed by atoms with van der Waals surface area (Å²) in [7, 11) is 0. The fraction of sp³-hybridized carbons (Fsp3) is 0.122. The molecule has 0 aliphatic heterocycles. The zero-order valence-corrected chi connectivity index (χ0v) is 29.3. The van der Waals surface area contributed by atoms with E-state index in [1.165, 1.54) is 0 Å². The van der Waals surface area contributed by atoms with Crippen molar-refractivity contribution >= 4 is 43.6 Å². The Labute approximate surface area is 324 Å². The highest BCUT2D eigenvalue weighted by Gasteiger charge is 2.36. The molecule has 8 rings (SSSR count). The van der Waals surface area contributed by atoms with E-state index in [4.69, 9.17) is 0 Å². The molecule has 0 bridgehead atoms. The van der Waals surface area contributed by atoms with Gasteiger partial charge in [0.15, 0.2) is 0 Å². The van der Waals surface area contributed by atoms with Gasteiger partial charge >= 0.3 is 30.9 Å². The van der Waals surface area contributed by atoms with Crippen LogP contribution in [0, 0.1) is 11.3 Å². The SMILES string of the molecule is N#Cc1cc(-c2cc(-n3c4ccc(C(F)(F)F)cc4c4cc(C(F)(F)F)ccc43)ncc2-n2c3ccc(C(F)(F)F)cc3c3cc(C(F)(F)F)ccc32)cc(C(F)(F)F)c1. The average Bonchev–Trinajstić information content (AvgIpc) is 3.67. The first-order valence-corrected chi connectivity index (χ1v) is 16.9. The van der Waals surface area contributed by atoms with Crippen LogP contribution in [0.15, 0.2) is 103 Å². The number of pyridine rings is 1. The Morgan fingerprint density at radius 1 is 0.417 bits per heavy atom. The van der Waals surface area contributed by atoms with Gasteiger partial charge in [-0.1, -0.05) is 0 Å². The molecule has 8 aromatic rings. The Kier molecular flexibility index (Phi) is 8.78. The number of fused-ring (bicyclic) bond motifs is 6. The molecule has 60 heavy (non-hydrogen) atoms. The zero-order chi connectivity index (χ0) is 43.5. The molecule has 3 heterocycles. The maximum atomic E-state index is 14.3. The van der Waals surface area contributed by atoms with Crippen molar-refractivity contribution in [3.8, 4) is 28.7 Å². The molecular weight excluding hydrogens is 833 g/mol. The average molecular weight is 851 g/mol. The van der Waals surface area contributed by atoms with E-state index in [1.54, 1.807) is 6.07 Å². The molecule has 0 aliphatic rings. The van der Waals surface area contributed by atoms with Crippen molar-refractivity contribution in [1.82, 2.24) is 14.1 Å². The summed E-state index contributed by atoms with van der Waals surface area (Å²) in [6.07, 6.45) is -23.9. The third-order valence-electron chi connectivity index (χ3n) is 9.88. The molecule has 4 nitrogen and oxygen atoms in total. The lowest BCUT2D eigenvalue weighted by Gasteiger charge is -2.18. The van der Waals surface area contributed by atoms with Gasteiger partial charge in [0.05, 0.1) is 73.4 Å². The van der Waals surface area contributed by atoms with Gasteiger partial charge < -0.3 is 4.57 Å². The quantitative estimate of drug-likeness (QED) is 0.166. The molecule has 306 valence electrons. The van der Waals surface area contributed by atoms with Gasteiger partial charge in [0.1, 0.15) is 5.82 Å². The van der Waals surface area contributed by atoms with Crippen molar-refractivity contribution in [2.24, 2.45) is 0 Å². The first-order valence-electron chi connectivity index (χ1n) is 16.9. The van der Waals surface area contributed by atoms with Crippen molar-refractivity contribution in [1.29, 1.82) is 5.26 Å². The summed E-state index contributed by atoms with van der Waals surface area (Å²) >= 11 is 0. The Morgan fingerprint density at radius 3 is 1.13 bits per heavy atom. The van der Waals surface area contributed by atoms with Gasteiger partial charge in [-0.15, -0.1) is 0 Å². The molecule has 5 aromatic carbocycles. The first-order chi connectivity index (χ1) is 27.8. The van der Waals surface area contributed by atoms with Crippen molar-refractivity contribution in [3.63, 3.8) is 0 Å². The van der Waals surface area contributed by atoms with Gasteiger partial charge in [0, 0.05) is 27.1 Å². The van der Waals surface area contributed by atoms with Gasteiger partial charge in [-0.2, -0.15) is 71.1 Å². The smallest absolute Gasteiger partial charge is 0.307 e. The second-order valence-electron chi connectivity index (χ2n) is 13.6. The lowest BCUT2D eigenvalue weighted by atomic mass is 9.99. The van der Waals surface area contributed by atoms with Crippen LogP contribution in [-0.2, 0) is 30.9 Å². The number of halogens is 15. The largest absolute Gasteiger partial charge is 0.416 e. The lowest BCUT2D eigenvalue weighted by Crippen LogP contribution is -2.08. The standard InChI is InChI=1S/C41H17F15N4/c42-37(43,44)21-1-5-31-27(12-21)28-13-22(38(45,46)47)2-6-32(28)59(31)35-18-58-36(16-26(35)20-9-19(17-57)10-25(11-20)41(54,55)56)60-33-7-3-23(39(48,49)50)14-29(33)30-15-24(40(51,52)53)4-8-34(30)60/h1-16,18H. The number of benzene rings is 5. The second-order valence-corrected chi connectivity index (χ2v) is 13.6. The maximum Gasteiger partial charge on any atom is 0.416 e. The van der Waals surface area contributed by atoms with Crippen LogP contribution in [0.1, 0.15) is 33.4 Å². The van der Waals surface area contributed by atoms with E-state index in [-0.39, 0.29) is 66.2 Å². The second kappa shape index (κ2) is 13.1. The summed E-state index contributed by atoms with van der Waals surface area (Å²) in [6.45, 7) is 0. The molecule has 0 spiro atoms. The molecule has 3 aromatic heterocycles. The Balaban J connectivity index is 1.50. The number of nitriles is 1. The van der Waals surface area contributed by atoms with Crippen LogP contribution in [0.5, 0.6) is 0 Å². The van der Waals surface area contributed by atoms with Crippen LogP contribution >= 0.6 is 0 Å². The van der Waals surface area contributed by atoms with Crippen molar-refractivity contribution < 1.29 is 65.9 Å². The molecule has 0 saturated carbocycles. The number of alkyl halides is 15. The van der Waals surface area contributed by atoms with Gasteiger partial charge in [0.2, 0.25) is 0 Å². The lowest BCUT2D eigenvalue weighted by molar-refractivity contribution is -0.138. The van der Waals surface area contributed by atoms with E-state index < -0.39 is 64.3 Å². The fourth-order valence-electron chi connectivity index (χ4n) is 7.24. The highest BCUT2D eigenvalue weighted by Crippen LogP contribution is 2.45. The summed E-state index contributed by atoms with van der Waals surface area (Å²) in [4.78, 5) is 4.40. The molecule has 0 N–H and O–H groups in total. The van der Waals surface area contributed by atoms with Gasteiger partial charge in [-0.3, -0.25) is 4.57 Å². The fourth-order valence-corrected chi connectivity index (χ4v) is 7.24. The zero-order valence-electron chi connectivity index (χ0n) is 29.3. The molecule has 0 saturated heterocycles. The van der Waals surface area contributed by atoms with Crippen LogP contribution in [0.3, 0.4) is 0 Å². The third kappa shape index (κ3) is 6.78. The van der Waals surface area contributed by atoms with E-state index in [1.807, 2.05) is 0 Å². The van der Waals surface area contributed by atoms with E-state index in [0.29, 0.717) is 60.7 Å². The maximum absolute atomic E-state index is 14.3. The summed E-state index contributed by atoms with van der Waals surface area (Å²) in [6, 6.07) is 13.5. The summed E-state index contributed by atoms with van der Waals surface area (Å²) < 4.78 is 212. The number of nitrogens with zero attached hydrogens (tertiary/aromatic N) is 4. The first kappa shape index (κ1) is 40.1. The van der Waals surface area contributed by atoms with Crippen molar-refractivity contribution in [2.75, 3.05) is 0 Å². The molecule has 0 atom stereocenters. The minimum absolute atomic E-state index is 0.137. The van der Waals surface area contributed by atoms with Gasteiger partial charge in [0.25, 0.3) is 0 Å². The van der Waals surface area contributed by atoms with Gasteiger partial charge in [-0.25, -0.2) is 4.98 Å². The molecule has 0 amide bonds. The van der Waals surface area contributed by atoms with Crippen LogP contribution in [0.4, 0.5) is 65.9 Å². The van der Waals surface area contributed by atoms with Crippen molar-refractivity contribution in [2.45, 2.75) is 30.9 Å². The molecule has 19 heteroatoms. The van der Waals surface area contributed by atoms with Crippen LogP contribution < -0.4 is 0 Å². The Bertz CT molecular complexity index is 2950. The molecule has 0 radical (unpaired) electrons. The summed E-state index contributed by atoms with van der Waals surface area (Å²) in [5.41, 5.74) is -8.35. The van der Waals surface area contributed by atoms with Crippen LogP contribution in [-0.4, -0.2) is 14.1 Å². The minimum Gasteiger partial charge on any atom is -0.307 e. The highest BCUT2D eigenvalue weighted by molar-refractivity contribution is 6.11. The number of rotatable bonds is 3. The molecule has 0 unspecified atom stereocenters. The third-order valence-corrected chi connectivity index (χ3v) is 9.88. The number of hydrogen-bond donors (Lipinski definition) is 0. The van der Waals surface area contributed by atoms with E-state index in [9.17, 15) is 71.1 Å². The predicted molar refractivity (Wildman–Crippen MR) is 188 cm³/mol. The summed E-state index contributed by atoms with van der Waals surface area (Å²) in [5, 5.41) is 8.37. The van der Waals surface area contributed by atoms with E-state index in [0.717, 1.165) is 51.7 Å². The number of hydrogen-bond acceptors (Lipinski definition) is 2. The number of aromatic nitrogens is 3. The van der Waals surface area contributed by atoms with E-state index in [2.05, 4.69) is 4.98 Å². The van der Waals surface area contributed by atoms with Crippen molar-refractivity contribution in [3.05, 3.63) is 137 Å². The Hall–Kier alpha value is -6.71. The highest BCUT2D eigenvalue weighted by atomic mass is 19.4. The summed E-state index contributed by atoms with van der Waals surface area (Å²) in [5.74, 6) is -0.302. The molecule has 0 fully saturated rings. The minimum atomic E-state index is -5.06. The van der Waals surface area contributed by atoms with Crippen LogP contribution in [0.2, 0.25) is 0 Å². The topological polar surface area (TPSA) is 46.5 Å².